The normalized spacial score (nSPS) is 23.6. The lowest BCUT2D eigenvalue weighted by atomic mass is 9.72. The SMILES string of the molecule is COC(=O)[C@H]1CC2CC[C@@H]1CN2c1ccc(-n2nc(I)c3cccc(C)c32)cn1. The van der Waals surface area contributed by atoms with Gasteiger partial charge in [0.05, 0.1) is 30.4 Å². The molecule has 0 radical (unpaired) electrons. The molecule has 29 heavy (non-hydrogen) atoms. The van der Waals surface area contributed by atoms with Crippen LogP contribution < -0.4 is 4.90 Å². The molecule has 0 N–H and O–H groups in total. The highest BCUT2D eigenvalue weighted by molar-refractivity contribution is 14.1. The zero-order chi connectivity index (χ0) is 20.1. The Bertz CT molecular complexity index is 1080. The number of hydrogen-bond donors (Lipinski definition) is 0. The molecule has 1 saturated carbocycles. The first-order valence-corrected chi connectivity index (χ1v) is 11.1. The molecule has 150 valence electrons. The number of aryl methyl sites for hydroxylation is 1. The van der Waals surface area contributed by atoms with Gasteiger partial charge >= 0.3 is 5.97 Å². The quantitative estimate of drug-likeness (QED) is 0.399. The number of hydrogen-bond acceptors (Lipinski definition) is 5. The van der Waals surface area contributed by atoms with Crippen molar-refractivity contribution in [3.63, 3.8) is 0 Å². The highest BCUT2D eigenvalue weighted by atomic mass is 127. The topological polar surface area (TPSA) is 60.2 Å². The molecule has 1 unspecified atom stereocenters. The summed E-state index contributed by atoms with van der Waals surface area (Å²) >= 11 is 2.29. The van der Waals surface area contributed by atoms with Gasteiger partial charge in [-0.1, -0.05) is 18.2 Å². The molecule has 1 aliphatic carbocycles. The Morgan fingerprint density at radius 3 is 2.79 bits per heavy atom. The summed E-state index contributed by atoms with van der Waals surface area (Å²) < 4.78 is 7.99. The summed E-state index contributed by atoms with van der Waals surface area (Å²) in [5.41, 5.74) is 3.29. The van der Waals surface area contributed by atoms with Gasteiger partial charge in [0.15, 0.2) is 0 Å². The predicted molar refractivity (Wildman–Crippen MR) is 120 cm³/mol. The first-order valence-electron chi connectivity index (χ1n) is 10.0. The third kappa shape index (κ3) is 3.10. The van der Waals surface area contributed by atoms with Crippen molar-refractivity contribution in [3.8, 4) is 5.69 Å². The number of nitrogens with zero attached hydrogens (tertiary/aromatic N) is 4. The number of methoxy groups -OCH3 is 1. The monoisotopic (exact) mass is 502 g/mol. The molecule has 2 aliphatic heterocycles. The Kier molecular flexibility index (Phi) is 4.72. The maximum absolute atomic E-state index is 12.1. The minimum Gasteiger partial charge on any atom is -0.469 e. The van der Waals surface area contributed by atoms with Crippen LogP contribution in [-0.4, -0.2) is 40.4 Å². The van der Waals surface area contributed by atoms with E-state index in [1.807, 2.05) is 10.9 Å². The van der Waals surface area contributed by atoms with Crippen LogP contribution >= 0.6 is 22.6 Å². The maximum Gasteiger partial charge on any atom is 0.309 e. The van der Waals surface area contributed by atoms with E-state index in [2.05, 4.69) is 64.7 Å². The Balaban J connectivity index is 1.43. The second kappa shape index (κ2) is 7.27. The second-order valence-electron chi connectivity index (χ2n) is 8.06. The van der Waals surface area contributed by atoms with Gasteiger partial charge in [0.25, 0.3) is 0 Å². The van der Waals surface area contributed by atoms with Crippen molar-refractivity contribution in [3.05, 3.63) is 45.8 Å². The molecular weight excluding hydrogens is 479 g/mol. The summed E-state index contributed by atoms with van der Waals surface area (Å²) in [6.07, 6.45) is 4.98. The lowest BCUT2D eigenvalue weighted by molar-refractivity contribution is -0.149. The Morgan fingerprint density at radius 1 is 1.24 bits per heavy atom. The molecule has 1 aromatic carbocycles. The van der Waals surface area contributed by atoms with Crippen LogP contribution in [0.15, 0.2) is 36.5 Å². The van der Waals surface area contributed by atoms with Gasteiger partial charge in [-0.05, 0) is 72.4 Å². The summed E-state index contributed by atoms with van der Waals surface area (Å²) in [6, 6.07) is 10.8. The molecular formula is C22H23IN4O2. The van der Waals surface area contributed by atoms with Crippen LogP contribution in [-0.2, 0) is 9.53 Å². The number of carbonyl (C=O) groups excluding carboxylic acids is 1. The summed E-state index contributed by atoms with van der Waals surface area (Å²) in [6.45, 7) is 2.99. The average molecular weight is 502 g/mol. The molecule has 2 saturated heterocycles. The molecule has 3 aliphatic rings. The van der Waals surface area contributed by atoms with Crippen molar-refractivity contribution in [2.75, 3.05) is 18.6 Å². The van der Waals surface area contributed by atoms with Gasteiger partial charge in [0, 0.05) is 18.0 Å². The minimum atomic E-state index is -0.0572. The number of piperidine rings is 2. The zero-order valence-electron chi connectivity index (χ0n) is 16.5. The number of anilines is 1. The van der Waals surface area contributed by atoms with Crippen LogP contribution in [0, 0.1) is 22.5 Å². The van der Waals surface area contributed by atoms with Gasteiger partial charge < -0.3 is 9.64 Å². The molecule has 2 bridgehead atoms. The largest absolute Gasteiger partial charge is 0.469 e. The van der Waals surface area contributed by atoms with E-state index in [-0.39, 0.29) is 11.9 Å². The molecule has 0 amide bonds. The van der Waals surface area contributed by atoms with Crippen molar-refractivity contribution < 1.29 is 9.53 Å². The molecule has 3 aromatic rings. The third-order valence-electron chi connectivity index (χ3n) is 6.47. The average Bonchev–Trinajstić information content (AvgIpc) is 3.11. The van der Waals surface area contributed by atoms with Crippen LogP contribution in [0.4, 0.5) is 5.82 Å². The molecule has 7 heteroatoms. The molecule has 6 rings (SSSR count). The number of aromatic nitrogens is 3. The van der Waals surface area contributed by atoms with Crippen molar-refractivity contribution in [1.29, 1.82) is 0 Å². The highest BCUT2D eigenvalue weighted by Gasteiger charge is 2.44. The molecule has 3 atom stereocenters. The van der Waals surface area contributed by atoms with Crippen molar-refractivity contribution in [2.45, 2.75) is 32.2 Å². The number of esters is 1. The predicted octanol–water partition coefficient (Wildman–Crippen LogP) is 4.11. The number of pyridine rings is 1. The number of benzene rings is 1. The summed E-state index contributed by atoms with van der Waals surface area (Å²) in [5, 5.41) is 5.90. The summed E-state index contributed by atoms with van der Waals surface area (Å²) in [5.74, 6) is 1.32. The van der Waals surface area contributed by atoms with Gasteiger partial charge in [-0.2, -0.15) is 5.10 Å². The fraction of sp³-hybridized carbons (Fsp3) is 0.409. The number of ether oxygens (including phenoxy) is 1. The maximum atomic E-state index is 12.1. The van der Waals surface area contributed by atoms with E-state index in [9.17, 15) is 4.79 Å². The summed E-state index contributed by atoms with van der Waals surface area (Å²) in [7, 11) is 1.49. The van der Waals surface area contributed by atoms with Crippen LogP contribution in [0.2, 0.25) is 0 Å². The third-order valence-corrected chi connectivity index (χ3v) is 7.27. The minimum absolute atomic E-state index is 0.0368. The van der Waals surface area contributed by atoms with Crippen molar-refractivity contribution in [2.24, 2.45) is 11.8 Å². The van der Waals surface area contributed by atoms with E-state index in [1.165, 1.54) is 12.7 Å². The van der Waals surface area contributed by atoms with Crippen LogP contribution in [0.5, 0.6) is 0 Å². The van der Waals surface area contributed by atoms with E-state index >= 15 is 0 Å². The van der Waals surface area contributed by atoms with Crippen LogP contribution in [0.3, 0.4) is 0 Å². The van der Waals surface area contributed by atoms with E-state index in [1.54, 1.807) is 0 Å². The zero-order valence-corrected chi connectivity index (χ0v) is 18.7. The van der Waals surface area contributed by atoms with Crippen molar-refractivity contribution in [1.82, 2.24) is 14.8 Å². The fourth-order valence-corrected chi connectivity index (χ4v) is 5.64. The van der Waals surface area contributed by atoms with Gasteiger partial charge in [0.2, 0.25) is 0 Å². The van der Waals surface area contributed by atoms with E-state index in [0.717, 1.165) is 51.9 Å². The van der Waals surface area contributed by atoms with E-state index in [4.69, 9.17) is 14.8 Å². The molecule has 3 fully saturated rings. The summed E-state index contributed by atoms with van der Waals surface area (Å²) in [4.78, 5) is 19.2. The lowest BCUT2D eigenvalue weighted by Gasteiger charge is -2.49. The van der Waals surface area contributed by atoms with E-state index in [0.29, 0.717) is 12.0 Å². The van der Waals surface area contributed by atoms with Crippen molar-refractivity contribution >= 4 is 45.3 Å². The number of fused-ring (bicyclic) bond motifs is 4. The van der Waals surface area contributed by atoms with Crippen LogP contribution in [0.25, 0.3) is 16.6 Å². The van der Waals surface area contributed by atoms with Gasteiger partial charge in [-0.25, -0.2) is 9.67 Å². The number of rotatable bonds is 3. The molecule has 6 nitrogen and oxygen atoms in total. The first kappa shape index (κ1) is 18.8. The molecule has 2 aromatic heterocycles. The molecule has 0 spiro atoms. The first-order chi connectivity index (χ1) is 14.1. The number of halogens is 1. The van der Waals surface area contributed by atoms with Gasteiger partial charge in [-0.15, -0.1) is 0 Å². The lowest BCUT2D eigenvalue weighted by Crippen LogP contribution is -2.54. The number of para-hydroxylation sites is 1. The fourth-order valence-electron chi connectivity index (χ4n) is 4.99. The highest BCUT2D eigenvalue weighted by Crippen LogP contribution is 2.41. The van der Waals surface area contributed by atoms with Gasteiger partial charge in [-0.3, -0.25) is 4.79 Å². The smallest absolute Gasteiger partial charge is 0.309 e. The standard InChI is InChI=1S/C22H23IN4O2/c1-13-4-3-5-17-20(13)27(25-21(17)23)16-8-9-19(24-11-16)26-12-14-6-7-15(26)10-18(14)22(28)29-2/h3-5,8-9,11,14-15,18H,6-7,10,12H2,1-2H3/t14-,15?,18+/m1/s1. The van der Waals surface area contributed by atoms with E-state index < -0.39 is 0 Å². The Labute approximate surface area is 183 Å². The van der Waals surface area contributed by atoms with Gasteiger partial charge in [0.1, 0.15) is 9.52 Å². The number of carbonyl (C=O) groups is 1. The molecule has 4 heterocycles. The van der Waals surface area contributed by atoms with Crippen LogP contribution in [0.1, 0.15) is 24.8 Å². The Hall–Kier alpha value is -2.16. The Morgan fingerprint density at radius 2 is 2.10 bits per heavy atom. The second-order valence-corrected chi connectivity index (χ2v) is 9.08.